The first-order valence-corrected chi connectivity index (χ1v) is 8.78. The van der Waals surface area contributed by atoms with Gasteiger partial charge in [0.05, 0.1) is 6.33 Å². The molecule has 6 nitrogen and oxygen atoms in total. The van der Waals surface area contributed by atoms with Crippen LogP contribution in [0.4, 0.5) is 0 Å². The maximum Gasteiger partial charge on any atom is 0.271 e. The second-order valence-electron chi connectivity index (χ2n) is 4.09. The minimum atomic E-state index is -3.67. The lowest BCUT2D eigenvalue weighted by molar-refractivity contribution is 0.0949. The third-order valence-corrected chi connectivity index (χ3v) is 5.71. The van der Waals surface area contributed by atoms with Gasteiger partial charge in [-0.15, -0.1) is 11.3 Å². The van der Waals surface area contributed by atoms with Crippen molar-refractivity contribution >= 4 is 37.0 Å². The topological polar surface area (TPSA) is 81.1 Å². The number of halogens is 1. The fourth-order valence-electron chi connectivity index (χ4n) is 1.54. The maximum absolute atomic E-state index is 11.7. The molecule has 0 saturated carbocycles. The summed E-state index contributed by atoms with van der Waals surface area (Å²) in [5.74, 6) is -0.257. The van der Waals surface area contributed by atoms with E-state index in [0.29, 0.717) is 18.7 Å². The minimum absolute atomic E-state index is 0.116. The Kier molecular flexibility index (Phi) is 4.46. The molecule has 0 spiro atoms. The van der Waals surface area contributed by atoms with E-state index in [0.717, 1.165) is 16.2 Å². The third-order valence-electron chi connectivity index (χ3n) is 2.47. The van der Waals surface area contributed by atoms with Crippen LogP contribution < -0.4 is 5.32 Å². The number of hydrogen-bond acceptors (Lipinski definition) is 5. The summed E-state index contributed by atoms with van der Waals surface area (Å²) in [5, 5.41) is 2.72. The van der Waals surface area contributed by atoms with Crippen LogP contribution in [0.1, 0.15) is 15.4 Å². The second kappa shape index (κ2) is 5.94. The monoisotopic (exact) mass is 333 g/mol. The van der Waals surface area contributed by atoms with E-state index in [2.05, 4.69) is 10.3 Å². The molecule has 9 heteroatoms. The number of nitrogens with one attached hydrogen (secondary N) is 1. The molecular weight excluding hydrogens is 322 g/mol. The summed E-state index contributed by atoms with van der Waals surface area (Å²) >= 11 is 1.10. The minimum Gasteiger partial charge on any atom is -0.350 e. The van der Waals surface area contributed by atoms with Gasteiger partial charge in [-0.2, -0.15) is 0 Å². The van der Waals surface area contributed by atoms with E-state index in [1.54, 1.807) is 30.2 Å². The molecule has 0 radical (unpaired) electrons. The molecule has 2 rings (SSSR count). The number of aryl methyl sites for hydroxylation is 1. The van der Waals surface area contributed by atoms with E-state index in [4.69, 9.17) is 10.7 Å². The molecule has 108 valence electrons. The molecule has 2 aromatic heterocycles. The van der Waals surface area contributed by atoms with Gasteiger partial charge in [-0.3, -0.25) is 4.79 Å². The highest BCUT2D eigenvalue weighted by molar-refractivity contribution is 8.15. The molecule has 2 aromatic rings. The molecule has 1 amide bonds. The van der Waals surface area contributed by atoms with Crippen LogP contribution in [0.15, 0.2) is 28.9 Å². The van der Waals surface area contributed by atoms with Crippen LogP contribution in [0.2, 0.25) is 0 Å². The van der Waals surface area contributed by atoms with Crippen molar-refractivity contribution in [1.29, 1.82) is 0 Å². The van der Waals surface area contributed by atoms with E-state index in [9.17, 15) is 13.2 Å². The number of imidazole rings is 1. The lowest BCUT2D eigenvalue weighted by Crippen LogP contribution is -2.25. The molecule has 1 N–H and O–H groups in total. The highest BCUT2D eigenvalue weighted by atomic mass is 35.7. The second-order valence-corrected chi connectivity index (χ2v) is 8.05. The van der Waals surface area contributed by atoms with Crippen molar-refractivity contribution in [3.63, 3.8) is 0 Å². The van der Waals surface area contributed by atoms with Gasteiger partial charge in [-0.25, -0.2) is 13.4 Å². The van der Waals surface area contributed by atoms with Gasteiger partial charge in [-0.05, 0) is 18.6 Å². The summed E-state index contributed by atoms with van der Waals surface area (Å²) in [7, 11) is 3.35. The van der Waals surface area contributed by atoms with Gasteiger partial charge >= 0.3 is 0 Å². The summed E-state index contributed by atoms with van der Waals surface area (Å²) < 4.78 is 24.0. The molecular formula is C11H12ClN3O3S2. The van der Waals surface area contributed by atoms with Crippen LogP contribution in [0.25, 0.3) is 0 Å². The van der Waals surface area contributed by atoms with Gasteiger partial charge in [0.1, 0.15) is 9.90 Å². The lowest BCUT2D eigenvalue weighted by Gasteiger charge is -2.01. The van der Waals surface area contributed by atoms with Gasteiger partial charge < -0.3 is 9.88 Å². The lowest BCUT2D eigenvalue weighted by atomic mass is 10.3. The highest BCUT2D eigenvalue weighted by Crippen LogP contribution is 2.24. The number of amides is 1. The van der Waals surface area contributed by atoms with E-state index < -0.39 is 9.05 Å². The van der Waals surface area contributed by atoms with Gasteiger partial charge in [-0.1, -0.05) is 0 Å². The number of thiophene rings is 1. The molecule has 0 atom stereocenters. The van der Waals surface area contributed by atoms with Crippen LogP contribution in [0.5, 0.6) is 0 Å². The number of carbonyl (C=O) groups excluding carboxylic acids is 1. The first-order valence-electron chi connectivity index (χ1n) is 5.66. The van der Waals surface area contributed by atoms with Crippen LogP contribution in [-0.4, -0.2) is 30.4 Å². The summed E-state index contributed by atoms with van der Waals surface area (Å²) in [6.07, 6.45) is 3.71. The molecule has 0 fully saturated rings. The largest absolute Gasteiger partial charge is 0.350 e. The number of carbonyl (C=O) groups is 1. The van der Waals surface area contributed by atoms with Crippen molar-refractivity contribution in [2.24, 2.45) is 7.05 Å². The number of nitrogens with zero attached hydrogens (tertiary/aromatic N) is 2. The smallest absolute Gasteiger partial charge is 0.271 e. The molecule has 20 heavy (non-hydrogen) atoms. The Morgan fingerprint density at radius 3 is 2.80 bits per heavy atom. The fourth-order valence-corrected chi connectivity index (χ4v) is 3.67. The molecule has 0 saturated heterocycles. The molecule has 2 heterocycles. The summed E-state index contributed by atoms with van der Waals surface area (Å²) in [5.41, 5.74) is 0.350. The maximum atomic E-state index is 11.7. The third kappa shape index (κ3) is 3.81. The van der Waals surface area contributed by atoms with Crippen molar-refractivity contribution in [1.82, 2.24) is 14.9 Å². The number of rotatable bonds is 5. The zero-order chi connectivity index (χ0) is 14.8. The predicted molar refractivity (Wildman–Crippen MR) is 76.6 cm³/mol. The van der Waals surface area contributed by atoms with Crippen molar-refractivity contribution in [2.45, 2.75) is 10.6 Å². The average molecular weight is 334 g/mol. The van der Waals surface area contributed by atoms with Crippen LogP contribution in [0.3, 0.4) is 0 Å². The van der Waals surface area contributed by atoms with E-state index in [1.165, 1.54) is 6.07 Å². The van der Waals surface area contributed by atoms with Gasteiger partial charge in [0.2, 0.25) is 0 Å². The Hall–Kier alpha value is -1.38. The fraction of sp³-hybridized carbons (Fsp3) is 0.273. The number of aromatic nitrogens is 2. The first kappa shape index (κ1) is 15.0. The zero-order valence-electron chi connectivity index (χ0n) is 10.5. The molecule has 0 aliphatic carbocycles. The summed E-state index contributed by atoms with van der Waals surface area (Å²) in [6.45, 7) is 0.400. The Bertz CT molecular complexity index is 721. The predicted octanol–water partition coefficient (Wildman–Crippen LogP) is 1.38. The Morgan fingerprint density at radius 2 is 2.25 bits per heavy atom. The molecule has 0 aromatic carbocycles. The van der Waals surface area contributed by atoms with Crippen LogP contribution in [-0.2, 0) is 22.5 Å². The van der Waals surface area contributed by atoms with Gasteiger partial charge in [0.15, 0.2) is 0 Å². The molecule has 0 aliphatic heterocycles. The van der Waals surface area contributed by atoms with E-state index in [-0.39, 0.29) is 10.1 Å². The van der Waals surface area contributed by atoms with Crippen molar-refractivity contribution in [2.75, 3.05) is 6.54 Å². The van der Waals surface area contributed by atoms with E-state index in [1.807, 2.05) is 0 Å². The molecule has 0 bridgehead atoms. The summed E-state index contributed by atoms with van der Waals surface area (Å²) in [4.78, 5) is 16.5. The Morgan fingerprint density at radius 1 is 1.50 bits per heavy atom. The molecule has 0 aliphatic rings. The average Bonchev–Trinajstić information content (AvgIpc) is 2.97. The van der Waals surface area contributed by atoms with Crippen molar-refractivity contribution in [3.8, 4) is 0 Å². The van der Waals surface area contributed by atoms with Gasteiger partial charge in [0, 0.05) is 35.3 Å². The van der Waals surface area contributed by atoms with Crippen molar-refractivity contribution in [3.05, 3.63) is 35.2 Å². The standard InChI is InChI=1S/C11H12ClN3O3S2/c1-15-6-9(14-7-15)11(16)13-5-4-8-2-3-10(19-8)20(12,17)18/h2-3,6-7H,4-5H2,1H3,(H,13,16). The Balaban J connectivity index is 1.87. The highest BCUT2D eigenvalue weighted by Gasteiger charge is 2.13. The normalized spacial score (nSPS) is 11.5. The van der Waals surface area contributed by atoms with Crippen LogP contribution in [0, 0.1) is 0 Å². The van der Waals surface area contributed by atoms with Crippen molar-refractivity contribution < 1.29 is 13.2 Å². The molecule has 0 unspecified atom stereocenters. The quantitative estimate of drug-likeness (QED) is 0.838. The van der Waals surface area contributed by atoms with E-state index >= 15 is 0 Å². The Labute approximate surface area is 124 Å². The number of hydrogen-bond donors (Lipinski definition) is 1. The zero-order valence-corrected chi connectivity index (χ0v) is 12.9. The van der Waals surface area contributed by atoms with Crippen LogP contribution >= 0.6 is 22.0 Å². The SMILES string of the molecule is Cn1cnc(C(=O)NCCc2ccc(S(=O)(=O)Cl)s2)c1. The first-order chi connectivity index (χ1) is 9.36. The van der Waals surface area contributed by atoms with Gasteiger partial charge in [0.25, 0.3) is 15.0 Å². The summed E-state index contributed by atoms with van der Waals surface area (Å²) in [6, 6.07) is 3.15.